The van der Waals surface area contributed by atoms with Gasteiger partial charge in [-0.1, -0.05) is 82.7 Å². The lowest BCUT2D eigenvalue weighted by Gasteiger charge is -2.26. The number of aliphatic hydroxyl groups excluding tert-OH is 2. The van der Waals surface area contributed by atoms with Gasteiger partial charge < -0.3 is 19.7 Å². The van der Waals surface area contributed by atoms with Crippen LogP contribution in [-0.4, -0.2) is 48.6 Å². The Bertz CT molecular complexity index is 1140. The lowest BCUT2D eigenvalue weighted by Crippen LogP contribution is -2.21. The second-order valence-electron chi connectivity index (χ2n) is 9.61. The van der Waals surface area contributed by atoms with Crippen LogP contribution < -0.4 is 9.47 Å². The van der Waals surface area contributed by atoms with Crippen LogP contribution in [0.5, 0.6) is 11.5 Å². The van der Waals surface area contributed by atoms with Gasteiger partial charge in [0.05, 0.1) is 17.1 Å². The number of hydrogen-bond acceptors (Lipinski definition) is 6. The van der Waals surface area contributed by atoms with E-state index in [-0.39, 0.29) is 31.0 Å². The van der Waals surface area contributed by atoms with Gasteiger partial charge in [-0.25, -0.2) is 0 Å². The van der Waals surface area contributed by atoms with Gasteiger partial charge in [0.2, 0.25) is 0 Å². The maximum absolute atomic E-state index is 12.0. The van der Waals surface area contributed by atoms with E-state index in [0.717, 1.165) is 54.9 Å². The number of rotatable bonds is 15. The molecule has 0 spiro atoms. The summed E-state index contributed by atoms with van der Waals surface area (Å²) in [5, 5.41) is 22.4. The molecule has 200 valence electrons. The molecule has 0 aromatic heterocycles. The smallest absolute Gasteiger partial charge is 0.290 e. The van der Waals surface area contributed by atoms with E-state index in [1.165, 1.54) is 6.08 Å². The Morgan fingerprint density at radius 2 is 1.33 bits per heavy atom. The average molecular weight is 521 g/mol. The first-order valence-electron chi connectivity index (χ1n) is 13.1. The standard InChI is InChI=1S/C28H40O7S/c1-3-5-7-11-20(29)18-34-27-23-13-9-10-14-24(23)28(35-19-21(30)12-8-6-4-2)26-17-22(36(31,32)33)15-16-25(26)27/h9-10,13-15,20-21,29-30H,3-8,11-12,16-19H2,1-2H3,(H,31,32,33). The Labute approximate surface area is 214 Å². The molecule has 3 rings (SSSR count). The van der Waals surface area contributed by atoms with Crippen molar-refractivity contribution in [2.45, 2.75) is 90.3 Å². The Balaban J connectivity index is 1.96. The van der Waals surface area contributed by atoms with Crippen LogP contribution in [0.1, 0.15) is 76.3 Å². The molecule has 0 radical (unpaired) electrons. The highest BCUT2D eigenvalue weighted by molar-refractivity contribution is 7.89. The molecular weight excluding hydrogens is 480 g/mol. The summed E-state index contributed by atoms with van der Waals surface area (Å²) in [4.78, 5) is -0.0795. The van der Waals surface area contributed by atoms with Gasteiger partial charge in [0.1, 0.15) is 24.7 Å². The van der Waals surface area contributed by atoms with E-state index in [1.807, 2.05) is 24.3 Å². The first-order valence-corrected chi connectivity index (χ1v) is 14.5. The second kappa shape index (κ2) is 13.4. The van der Waals surface area contributed by atoms with Gasteiger partial charge in [0.15, 0.2) is 0 Å². The molecule has 2 unspecified atom stereocenters. The van der Waals surface area contributed by atoms with Crippen LogP contribution in [-0.2, 0) is 23.0 Å². The Morgan fingerprint density at radius 3 is 1.81 bits per heavy atom. The molecule has 2 atom stereocenters. The highest BCUT2D eigenvalue weighted by Gasteiger charge is 2.29. The molecule has 3 N–H and O–H groups in total. The van der Waals surface area contributed by atoms with Crippen LogP contribution in [0.2, 0.25) is 0 Å². The molecule has 0 saturated carbocycles. The summed E-state index contributed by atoms with van der Waals surface area (Å²) in [6.45, 7) is 4.44. The summed E-state index contributed by atoms with van der Waals surface area (Å²) in [6.07, 6.45) is 7.79. The van der Waals surface area contributed by atoms with E-state index in [4.69, 9.17) is 9.47 Å². The predicted molar refractivity (Wildman–Crippen MR) is 142 cm³/mol. The first kappa shape index (κ1) is 28.4. The summed E-state index contributed by atoms with van der Waals surface area (Å²) in [5.74, 6) is 1.09. The third-order valence-electron chi connectivity index (χ3n) is 6.67. The molecule has 2 aromatic rings. The molecule has 0 aliphatic heterocycles. The van der Waals surface area contributed by atoms with Crippen molar-refractivity contribution in [3.05, 3.63) is 46.4 Å². The summed E-state index contributed by atoms with van der Waals surface area (Å²) >= 11 is 0. The van der Waals surface area contributed by atoms with Gasteiger partial charge in [-0.15, -0.1) is 0 Å². The average Bonchev–Trinajstić information content (AvgIpc) is 2.85. The molecular formula is C28H40O7S. The molecule has 7 nitrogen and oxygen atoms in total. The highest BCUT2D eigenvalue weighted by Crippen LogP contribution is 2.44. The zero-order chi connectivity index (χ0) is 26.1. The van der Waals surface area contributed by atoms with E-state index >= 15 is 0 Å². The molecule has 0 saturated heterocycles. The minimum absolute atomic E-state index is 0.0321. The van der Waals surface area contributed by atoms with Crippen LogP contribution in [0.4, 0.5) is 0 Å². The molecule has 0 bridgehead atoms. The maximum Gasteiger partial charge on any atom is 0.290 e. The molecule has 1 aliphatic carbocycles. The number of benzene rings is 2. The van der Waals surface area contributed by atoms with Crippen LogP contribution in [0.25, 0.3) is 10.8 Å². The SMILES string of the molecule is CCCCCC(O)COc1c2c(c(OCC(O)CCCCC)c3ccccc13)CC(S(=O)(=O)O)=CC2. The summed E-state index contributed by atoms with van der Waals surface area (Å²) < 4.78 is 46.0. The zero-order valence-electron chi connectivity index (χ0n) is 21.4. The van der Waals surface area contributed by atoms with E-state index in [9.17, 15) is 23.2 Å². The van der Waals surface area contributed by atoms with Gasteiger partial charge in [-0.3, -0.25) is 4.55 Å². The number of aliphatic hydroxyl groups is 2. The van der Waals surface area contributed by atoms with Crippen LogP contribution in [0.15, 0.2) is 35.2 Å². The Morgan fingerprint density at radius 1 is 0.833 bits per heavy atom. The lowest BCUT2D eigenvalue weighted by atomic mass is 9.90. The molecule has 1 aliphatic rings. The van der Waals surface area contributed by atoms with Crippen molar-refractivity contribution in [3.63, 3.8) is 0 Å². The first-order chi connectivity index (χ1) is 17.3. The third kappa shape index (κ3) is 7.44. The lowest BCUT2D eigenvalue weighted by molar-refractivity contribution is 0.0961. The fraction of sp³-hybridized carbons (Fsp3) is 0.571. The van der Waals surface area contributed by atoms with Gasteiger partial charge in [-0.05, 0) is 19.3 Å². The topological polar surface area (TPSA) is 113 Å². The summed E-state index contributed by atoms with van der Waals surface area (Å²) in [6, 6.07) is 7.56. The van der Waals surface area contributed by atoms with Crippen LogP contribution in [0.3, 0.4) is 0 Å². The number of unbranched alkanes of at least 4 members (excludes halogenated alkanes) is 4. The molecule has 36 heavy (non-hydrogen) atoms. The maximum atomic E-state index is 12.0. The minimum atomic E-state index is -4.36. The second-order valence-corrected chi connectivity index (χ2v) is 11.1. The van der Waals surface area contributed by atoms with Crippen molar-refractivity contribution in [1.29, 1.82) is 0 Å². The Hall–Kier alpha value is -2.13. The zero-order valence-corrected chi connectivity index (χ0v) is 22.2. The summed E-state index contributed by atoms with van der Waals surface area (Å²) in [5.41, 5.74) is 1.40. The van der Waals surface area contributed by atoms with Crippen molar-refractivity contribution in [2.75, 3.05) is 13.2 Å². The normalized spacial score (nSPS) is 15.3. The molecule has 0 heterocycles. The highest BCUT2D eigenvalue weighted by atomic mass is 32.2. The number of allylic oxidation sites excluding steroid dienone is 2. The molecule has 2 aromatic carbocycles. The monoisotopic (exact) mass is 520 g/mol. The molecule has 0 amide bonds. The molecule has 8 heteroatoms. The van der Waals surface area contributed by atoms with E-state index < -0.39 is 22.3 Å². The number of ether oxygens (including phenoxy) is 2. The molecule has 0 fully saturated rings. The van der Waals surface area contributed by atoms with E-state index in [0.29, 0.717) is 29.9 Å². The quantitative estimate of drug-likeness (QED) is 0.214. The van der Waals surface area contributed by atoms with Crippen LogP contribution >= 0.6 is 0 Å². The van der Waals surface area contributed by atoms with Crippen molar-refractivity contribution < 1.29 is 32.7 Å². The van der Waals surface area contributed by atoms with Gasteiger partial charge in [-0.2, -0.15) is 8.42 Å². The van der Waals surface area contributed by atoms with Gasteiger partial charge in [0.25, 0.3) is 10.1 Å². The van der Waals surface area contributed by atoms with E-state index in [1.54, 1.807) is 0 Å². The largest absolute Gasteiger partial charge is 0.490 e. The van der Waals surface area contributed by atoms with Crippen molar-refractivity contribution in [1.82, 2.24) is 0 Å². The van der Waals surface area contributed by atoms with Crippen LogP contribution in [0, 0.1) is 0 Å². The van der Waals surface area contributed by atoms with E-state index in [2.05, 4.69) is 13.8 Å². The van der Waals surface area contributed by atoms with Gasteiger partial charge in [0, 0.05) is 28.3 Å². The van der Waals surface area contributed by atoms with Crippen molar-refractivity contribution in [2.24, 2.45) is 0 Å². The predicted octanol–water partition coefficient (Wildman–Crippen LogP) is 5.35. The Kier molecular flexibility index (Phi) is 10.6. The fourth-order valence-electron chi connectivity index (χ4n) is 4.66. The number of fused-ring (bicyclic) bond motifs is 2. The fourth-order valence-corrected chi connectivity index (χ4v) is 5.28. The van der Waals surface area contributed by atoms with Crippen molar-refractivity contribution in [3.8, 4) is 11.5 Å². The minimum Gasteiger partial charge on any atom is -0.490 e. The number of hydrogen-bond donors (Lipinski definition) is 3. The third-order valence-corrected chi connectivity index (χ3v) is 7.64. The summed E-state index contributed by atoms with van der Waals surface area (Å²) in [7, 11) is -4.36. The van der Waals surface area contributed by atoms with Gasteiger partial charge >= 0.3 is 0 Å². The van der Waals surface area contributed by atoms with Crippen molar-refractivity contribution >= 4 is 20.9 Å².